The Morgan fingerprint density at radius 1 is 1.10 bits per heavy atom. The molecule has 2 heterocycles. The van der Waals surface area contributed by atoms with Crippen molar-refractivity contribution in [2.45, 2.75) is 13.0 Å². The van der Waals surface area contributed by atoms with Gasteiger partial charge in [-0.25, -0.2) is 4.98 Å². The summed E-state index contributed by atoms with van der Waals surface area (Å²) in [6.07, 6.45) is 4.60. The maximum Gasteiger partial charge on any atom is 0.145 e. The van der Waals surface area contributed by atoms with E-state index in [4.69, 9.17) is 4.42 Å². The molecule has 3 rings (SSSR count). The maximum atomic E-state index is 5.37. The van der Waals surface area contributed by atoms with Crippen molar-refractivity contribution in [3.05, 3.63) is 65.5 Å². The van der Waals surface area contributed by atoms with Crippen molar-refractivity contribution in [1.29, 1.82) is 0 Å². The number of rotatable bonds is 6. The Hall–Kier alpha value is -1.91. The average molecular weight is 284 g/mol. The smallest absolute Gasteiger partial charge is 0.145 e. The molecule has 0 unspecified atom stereocenters. The van der Waals surface area contributed by atoms with Crippen molar-refractivity contribution in [2.24, 2.45) is 0 Å². The molecule has 1 aromatic carbocycles. The van der Waals surface area contributed by atoms with Crippen LogP contribution < -0.4 is 5.32 Å². The molecule has 0 aliphatic heterocycles. The highest BCUT2D eigenvalue weighted by molar-refractivity contribution is 7.15. The first kappa shape index (κ1) is 13.1. The molecular formula is C16H16N2OS. The van der Waals surface area contributed by atoms with Gasteiger partial charge in [0.2, 0.25) is 0 Å². The van der Waals surface area contributed by atoms with Crippen LogP contribution in [0.25, 0.3) is 10.6 Å². The lowest BCUT2D eigenvalue weighted by molar-refractivity contribution is 0.583. The molecule has 3 aromatic rings. The van der Waals surface area contributed by atoms with Gasteiger partial charge in [0, 0.05) is 12.7 Å². The number of nitrogens with one attached hydrogen (secondary N) is 1. The fourth-order valence-electron chi connectivity index (χ4n) is 2.00. The lowest BCUT2D eigenvalue weighted by Gasteiger charge is -2.02. The minimum absolute atomic E-state index is 0.804. The molecular weight excluding hydrogens is 268 g/mol. The largest absolute Gasteiger partial charge is 0.463 e. The summed E-state index contributed by atoms with van der Waals surface area (Å²) in [4.78, 5) is 5.49. The Labute approximate surface area is 122 Å². The van der Waals surface area contributed by atoms with Crippen molar-refractivity contribution in [3.63, 3.8) is 0 Å². The molecule has 0 aliphatic carbocycles. The van der Waals surface area contributed by atoms with E-state index in [1.54, 1.807) is 17.6 Å². The van der Waals surface area contributed by atoms with E-state index in [0.717, 1.165) is 35.2 Å². The van der Waals surface area contributed by atoms with E-state index in [2.05, 4.69) is 34.6 Å². The second-order valence-electron chi connectivity index (χ2n) is 4.51. The Kier molecular flexibility index (Phi) is 4.25. The van der Waals surface area contributed by atoms with E-state index in [9.17, 15) is 0 Å². The molecule has 2 aromatic heterocycles. The fraction of sp³-hybridized carbons (Fsp3) is 0.188. The minimum atomic E-state index is 0.804. The Balaban J connectivity index is 1.47. The number of hydrogen-bond donors (Lipinski definition) is 1. The number of furan rings is 1. The quantitative estimate of drug-likeness (QED) is 0.701. The number of benzene rings is 1. The van der Waals surface area contributed by atoms with Crippen LogP contribution in [-0.4, -0.2) is 11.5 Å². The van der Waals surface area contributed by atoms with Crippen LogP contribution in [-0.2, 0) is 13.0 Å². The van der Waals surface area contributed by atoms with Crippen LogP contribution in [0, 0.1) is 0 Å². The molecule has 0 spiro atoms. The summed E-state index contributed by atoms with van der Waals surface area (Å²) in [5, 5.41) is 4.51. The van der Waals surface area contributed by atoms with Crippen LogP contribution >= 0.6 is 11.3 Å². The monoisotopic (exact) mass is 284 g/mol. The van der Waals surface area contributed by atoms with Crippen molar-refractivity contribution in [1.82, 2.24) is 10.3 Å². The van der Waals surface area contributed by atoms with Crippen molar-refractivity contribution < 1.29 is 4.42 Å². The molecule has 4 heteroatoms. The third-order valence-electron chi connectivity index (χ3n) is 3.03. The van der Waals surface area contributed by atoms with Crippen LogP contribution in [0.3, 0.4) is 0 Å². The third-order valence-corrected chi connectivity index (χ3v) is 4.04. The van der Waals surface area contributed by atoms with Crippen molar-refractivity contribution >= 4 is 11.3 Å². The zero-order valence-electron chi connectivity index (χ0n) is 11.1. The molecule has 102 valence electrons. The molecule has 0 radical (unpaired) electrons. The average Bonchev–Trinajstić information content (AvgIpc) is 3.15. The second kappa shape index (κ2) is 6.50. The summed E-state index contributed by atoms with van der Waals surface area (Å²) >= 11 is 1.67. The number of hydrogen-bond acceptors (Lipinski definition) is 4. The summed E-state index contributed by atoms with van der Waals surface area (Å²) in [7, 11) is 0. The van der Waals surface area contributed by atoms with Gasteiger partial charge >= 0.3 is 0 Å². The van der Waals surface area contributed by atoms with Gasteiger partial charge in [-0.2, -0.15) is 0 Å². The zero-order valence-corrected chi connectivity index (χ0v) is 11.9. The molecule has 0 atom stereocenters. The standard InChI is InChI=1S/C16H16N2OS/c1-2-5-13(6-3-1)8-9-17-12-16-18-11-15(20-16)14-7-4-10-19-14/h1-7,10-11,17H,8-9,12H2. The van der Waals surface area contributed by atoms with E-state index in [-0.39, 0.29) is 0 Å². The first-order valence-corrected chi connectivity index (χ1v) is 7.47. The predicted octanol–water partition coefficient (Wildman–Crippen LogP) is 3.74. The molecule has 0 amide bonds. The van der Waals surface area contributed by atoms with Crippen LogP contribution in [0.4, 0.5) is 0 Å². The highest BCUT2D eigenvalue weighted by atomic mass is 32.1. The lowest BCUT2D eigenvalue weighted by atomic mass is 10.1. The summed E-state index contributed by atoms with van der Waals surface area (Å²) in [5.41, 5.74) is 1.36. The van der Waals surface area contributed by atoms with Gasteiger partial charge in [-0.3, -0.25) is 0 Å². The van der Waals surface area contributed by atoms with Crippen LogP contribution in [0.15, 0.2) is 59.3 Å². The van der Waals surface area contributed by atoms with Crippen molar-refractivity contribution in [3.8, 4) is 10.6 Å². The van der Waals surface area contributed by atoms with Crippen LogP contribution in [0.5, 0.6) is 0 Å². The van der Waals surface area contributed by atoms with Crippen LogP contribution in [0.2, 0.25) is 0 Å². The first-order valence-electron chi connectivity index (χ1n) is 6.65. The van der Waals surface area contributed by atoms with Gasteiger partial charge in [-0.15, -0.1) is 11.3 Å². The molecule has 0 fully saturated rings. The molecule has 20 heavy (non-hydrogen) atoms. The zero-order chi connectivity index (χ0) is 13.6. The second-order valence-corrected chi connectivity index (χ2v) is 5.62. The highest BCUT2D eigenvalue weighted by Gasteiger charge is 2.06. The molecule has 0 saturated carbocycles. The van der Waals surface area contributed by atoms with Gasteiger partial charge in [0.15, 0.2) is 0 Å². The predicted molar refractivity (Wildman–Crippen MR) is 81.7 cm³/mol. The molecule has 0 bridgehead atoms. The van der Waals surface area contributed by atoms with Gasteiger partial charge < -0.3 is 9.73 Å². The maximum absolute atomic E-state index is 5.37. The summed E-state index contributed by atoms with van der Waals surface area (Å²) in [6.45, 7) is 1.76. The summed E-state index contributed by atoms with van der Waals surface area (Å²) in [5.74, 6) is 0.887. The van der Waals surface area contributed by atoms with Gasteiger partial charge in [-0.1, -0.05) is 30.3 Å². The van der Waals surface area contributed by atoms with E-state index in [0.29, 0.717) is 0 Å². The molecule has 0 aliphatic rings. The summed E-state index contributed by atoms with van der Waals surface area (Å²) in [6, 6.07) is 14.4. The first-order chi connectivity index (χ1) is 9.92. The van der Waals surface area contributed by atoms with Gasteiger partial charge in [0.25, 0.3) is 0 Å². The SMILES string of the molecule is c1ccc(CCNCc2ncc(-c3ccco3)s2)cc1. The molecule has 3 nitrogen and oxygen atoms in total. The Morgan fingerprint density at radius 3 is 2.80 bits per heavy atom. The number of aromatic nitrogens is 1. The lowest BCUT2D eigenvalue weighted by Crippen LogP contribution is -2.16. The topological polar surface area (TPSA) is 38.1 Å². The Morgan fingerprint density at radius 2 is 2.00 bits per heavy atom. The van der Waals surface area contributed by atoms with Crippen LogP contribution in [0.1, 0.15) is 10.6 Å². The third kappa shape index (κ3) is 3.35. The van der Waals surface area contributed by atoms with E-state index in [1.807, 2.05) is 24.4 Å². The van der Waals surface area contributed by atoms with Gasteiger partial charge in [0.05, 0.1) is 11.1 Å². The van der Waals surface area contributed by atoms with Gasteiger partial charge in [0.1, 0.15) is 10.8 Å². The summed E-state index contributed by atoms with van der Waals surface area (Å²) < 4.78 is 5.37. The van der Waals surface area contributed by atoms with Gasteiger partial charge in [-0.05, 0) is 30.7 Å². The van der Waals surface area contributed by atoms with Crippen molar-refractivity contribution in [2.75, 3.05) is 6.54 Å². The van der Waals surface area contributed by atoms with E-state index >= 15 is 0 Å². The van der Waals surface area contributed by atoms with E-state index < -0.39 is 0 Å². The number of thiazole rings is 1. The minimum Gasteiger partial charge on any atom is -0.463 e. The molecule has 0 saturated heterocycles. The Bertz CT molecular complexity index is 632. The highest BCUT2D eigenvalue weighted by Crippen LogP contribution is 2.26. The van der Waals surface area contributed by atoms with E-state index in [1.165, 1.54) is 5.56 Å². The molecule has 1 N–H and O–H groups in total. The number of nitrogens with zero attached hydrogens (tertiary/aromatic N) is 1. The fourth-order valence-corrected chi connectivity index (χ4v) is 2.85. The normalized spacial score (nSPS) is 10.8.